The number of aromatic nitrogens is 1. The van der Waals surface area contributed by atoms with E-state index in [0.29, 0.717) is 25.0 Å². The number of hydrogen-bond acceptors (Lipinski definition) is 3. The van der Waals surface area contributed by atoms with E-state index in [0.717, 1.165) is 11.3 Å². The van der Waals surface area contributed by atoms with Crippen molar-refractivity contribution in [3.63, 3.8) is 0 Å². The average molecular weight is 264 g/mol. The van der Waals surface area contributed by atoms with E-state index in [1.54, 1.807) is 6.20 Å². The van der Waals surface area contributed by atoms with Gasteiger partial charge in [0.1, 0.15) is 19.0 Å². The molecule has 2 rings (SSSR count). The Morgan fingerprint density at radius 3 is 2.56 bits per heavy atom. The molecule has 0 bridgehead atoms. The molecule has 0 amide bonds. The van der Waals surface area contributed by atoms with Crippen LogP contribution in [-0.2, 0) is 5.88 Å². The molecule has 1 aromatic heterocycles. The maximum absolute atomic E-state index is 5.73. The van der Waals surface area contributed by atoms with Crippen molar-refractivity contribution in [1.29, 1.82) is 0 Å². The van der Waals surface area contributed by atoms with Crippen molar-refractivity contribution in [2.45, 2.75) is 5.88 Å². The van der Waals surface area contributed by atoms with Crippen LogP contribution >= 0.6 is 11.6 Å². The average Bonchev–Trinajstić information content (AvgIpc) is 2.45. The van der Waals surface area contributed by atoms with E-state index >= 15 is 0 Å². The zero-order valence-electron chi connectivity index (χ0n) is 9.88. The highest BCUT2D eigenvalue weighted by atomic mass is 35.5. The normalized spacial score (nSPS) is 10.1. The predicted octanol–water partition coefficient (Wildman–Crippen LogP) is 3.28. The maximum atomic E-state index is 5.73. The number of rotatable bonds is 6. The lowest BCUT2D eigenvalue weighted by atomic mass is 10.3. The zero-order chi connectivity index (χ0) is 12.6. The highest BCUT2D eigenvalue weighted by molar-refractivity contribution is 6.17. The molecule has 0 atom stereocenters. The first-order valence-corrected chi connectivity index (χ1v) is 6.23. The van der Waals surface area contributed by atoms with Gasteiger partial charge in [0.15, 0.2) is 0 Å². The van der Waals surface area contributed by atoms with Crippen LogP contribution in [0.1, 0.15) is 5.56 Å². The van der Waals surface area contributed by atoms with E-state index in [1.807, 2.05) is 42.5 Å². The second kappa shape index (κ2) is 6.87. The van der Waals surface area contributed by atoms with E-state index in [2.05, 4.69) is 4.98 Å². The van der Waals surface area contributed by atoms with Crippen molar-refractivity contribution in [2.24, 2.45) is 0 Å². The van der Waals surface area contributed by atoms with Crippen LogP contribution in [0, 0.1) is 0 Å². The van der Waals surface area contributed by atoms with Crippen LogP contribution < -0.4 is 9.47 Å². The van der Waals surface area contributed by atoms with Crippen LogP contribution in [0.15, 0.2) is 48.7 Å². The minimum Gasteiger partial charge on any atom is -0.490 e. The van der Waals surface area contributed by atoms with Gasteiger partial charge in [0.05, 0.1) is 0 Å². The summed E-state index contributed by atoms with van der Waals surface area (Å²) in [6.45, 7) is 0.935. The molecule has 0 spiro atoms. The number of benzene rings is 1. The first-order chi connectivity index (χ1) is 8.88. The topological polar surface area (TPSA) is 31.4 Å². The fraction of sp³-hybridized carbons (Fsp3) is 0.214. The number of nitrogens with zero attached hydrogens (tertiary/aromatic N) is 1. The second-order valence-electron chi connectivity index (χ2n) is 3.65. The first kappa shape index (κ1) is 12.7. The SMILES string of the molecule is ClCc1ccnc(OCCOc2ccccc2)c1. The quantitative estimate of drug-likeness (QED) is 0.592. The van der Waals surface area contributed by atoms with E-state index in [-0.39, 0.29) is 0 Å². The van der Waals surface area contributed by atoms with Crippen LogP contribution in [0.4, 0.5) is 0 Å². The van der Waals surface area contributed by atoms with Gasteiger partial charge in [-0.3, -0.25) is 0 Å². The van der Waals surface area contributed by atoms with Gasteiger partial charge in [0, 0.05) is 18.1 Å². The molecule has 0 radical (unpaired) electrons. The summed E-state index contributed by atoms with van der Waals surface area (Å²) < 4.78 is 11.0. The van der Waals surface area contributed by atoms with Gasteiger partial charge in [0.25, 0.3) is 0 Å². The standard InChI is InChI=1S/C14H14ClNO2/c15-11-12-6-7-16-14(10-12)18-9-8-17-13-4-2-1-3-5-13/h1-7,10H,8-9,11H2. The van der Waals surface area contributed by atoms with Gasteiger partial charge in [-0.1, -0.05) is 18.2 Å². The number of pyridine rings is 1. The summed E-state index contributed by atoms with van der Waals surface area (Å²) in [6, 6.07) is 13.3. The van der Waals surface area contributed by atoms with Crippen molar-refractivity contribution >= 4 is 11.6 Å². The van der Waals surface area contributed by atoms with Crippen molar-refractivity contribution in [2.75, 3.05) is 13.2 Å². The molecule has 1 aromatic carbocycles. The molecule has 1 heterocycles. The highest BCUT2D eigenvalue weighted by Crippen LogP contribution is 2.11. The summed E-state index contributed by atoms with van der Waals surface area (Å²) >= 11 is 5.73. The predicted molar refractivity (Wildman–Crippen MR) is 71.2 cm³/mol. The van der Waals surface area contributed by atoms with Crippen LogP contribution in [-0.4, -0.2) is 18.2 Å². The van der Waals surface area contributed by atoms with Crippen LogP contribution in [0.5, 0.6) is 11.6 Å². The van der Waals surface area contributed by atoms with Gasteiger partial charge in [-0.05, 0) is 23.8 Å². The fourth-order valence-electron chi connectivity index (χ4n) is 1.43. The van der Waals surface area contributed by atoms with Gasteiger partial charge in [-0.2, -0.15) is 0 Å². The smallest absolute Gasteiger partial charge is 0.213 e. The molecule has 0 aliphatic rings. The van der Waals surface area contributed by atoms with E-state index in [4.69, 9.17) is 21.1 Å². The molecule has 0 aliphatic carbocycles. The molecule has 0 aliphatic heterocycles. The van der Waals surface area contributed by atoms with Crippen LogP contribution in [0.25, 0.3) is 0 Å². The molecule has 2 aromatic rings. The van der Waals surface area contributed by atoms with Gasteiger partial charge >= 0.3 is 0 Å². The fourth-order valence-corrected chi connectivity index (χ4v) is 1.60. The number of halogens is 1. The zero-order valence-corrected chi connectivity index (χ0v) is 10.6. The molecule has 0 unspecified atom stereocenters. The Morgan fingerprint density at radius 2 is 1.78 bits per heavy atom. The Balaban J connectivity index is 1.75. The van der Waals surface area contributed by atoms with E-state index < -0.39 is 0 Å². The van der Waals surface area contributed by atoms with Crippen molar-refractivity contribution in [3.8, 4) is 11.6 Å². The van der Waals surface area contributed by atoms with Crippen molar-refractivity contribution in [1.82, 2.24) is 4.98 Å². The minimum atomic E-state index is 0.452. The number of ether oxygens (including phenoxy) is 2. The Morgan fingerprint density at radius 1 is 1.00 bits per heavy atom. The van der Waals surface area contributed by atoms with Crippen molar-refractivity contribution in [3.05, 3.63) is 54.2 Å². The largest absolute Gasteiger partial charge is 0.490 e. The van der Waals surface area contributed by atoms with E-state index in [1.165, 1.54) is 0 Å². The highest BCUT2D eigenvalue weighted by Gasteiger charge is 1.98. The summed E-state index contributed by atoms with van der Waals surface area (Å²) in [5.41, 5.74) is 0.991. The molecule has 3 nitrogen and oxygen atoms in total. The lowest BCUT2D eigenvalue weighted by Gasteiger charge is -2.08. The third-order valence-electron chi connectivity index (χ3n) is 2.30. The minimum absolute atomic E-state index is 0.452. The summed E-state index contributed by atoms with van der Waals surface area (Å²) in [5.74, 6) is 1.87. The maximum Gasteiger partial charge on any atom is 0.213 e. The Kier molecular flexibility index (Phi) is 4.85. The van der Waals surface area contributed by atoms with Gasteiger partial charge in [0.2, 0.25) is 5.88 Å². The summed E-state index contributed by atoms with van der Waals surface area (Å²) in [6.07, 6.45) is 1.69. The molecule has 0 saturated carbocycles. The number of hydrogen-bond donors (Lipinski definition) is 0. The van der Waals surface area contributed by atoms with E-state index in [9.17, 15) is 0 Å². The molecule has 94 valence electrons. The summed E-state index contributed by atoms with van der Waals surface area (Å²) in [7, 11) is 0. The lowest BCUT2D eigenvalue weighted by molar-refractivity contribution is 0.212. The lowest BCUT2D eigenvalue weighted by Crippen LogP contribution is -2.09. The second-order valence-corrected chi connectivity index (χ2v) is 3.91. The Bertz CT molecular complexity index is 476. The van der Waals surface area contributed by atoms with Gasteiger partial charge in [-0.15, -0.1) is 11.6 Å². The molecule has 0 saturated heterocycles. The molecule has 18 heavy (non-hydrogen) atoms. The molecule has 4 heteroatoms. The third kappa shape index (κ3) is 3.93. The Labute approximate surface area is 111 Å². The first-order valence-electron chi connectivity index (χ1n) is 5.70. The van der Waals surface area contributed by atoms with Crippen LogP contribution in [0.3, 0.4) is 0 Å². The van der Waals surface area contributed by atoms with Crippen molar-refractivity contribution < 1.29 is 9.47 Å². The number of para-hydroxylation sites is 1. The monoisotopic (exact) mass is 263 g/mol. The van der Waals surface area contributed by atoms with Gasteiger partial charge < -0.3 is 9.47 Å². The third-order valence-corrected chi connectivity index (χ3v) is 2.61. The summed E-state index contributed by atoms with van der Waals surface area (Å²) in [4.78, 5) is 4.10. The number of alkyl halides is 1. The van der Waals surface area contributed by atoms with Gasteiger partial charge in [-0.25, -0.2) is 4.98 Å². The molecule has 0 fully saturated rings. The summed E-state index contributed by atoms with van der Waals surface area (Å²) in [5, 5.41) is 0. The molecular formula is C14H14ClNO2. The molecule has 0 N–H and O–H groups in total. The Hall–Kier alpha value is -1.74. The van der Waals surface area contributed by atoms with Crippen LogP contribution in [0.2, 0.25) is 0 Å². The molecular weight excluding hydrogens is 250 g/mol.